The number of halogens is 1. The van der Waals surface area contributed by atoms with Crippen LogP contribution in [-0.2, 0) is 13.2 Å². The van der Waals surface area contributed by atoms with Gasteiger partial charge >= 0.3 is 0 Å². The highest BCUT2D eigenvalue weighted by Crippen LogP contribution is 2.25. The summed E-state index contributed by atoms with van der Waals surface area (Å²) in [6.07, 6.45) is 0. The molecular weight excluding hydrogens is 397 g/mol. The maximum atomic E-state index is 13.0. The van der Waals surface area contributed by atoms with Gasteiger partial charge in [0.1, 0.15) is 23.2 Å². The predicted octanol–water partition coefficient (Wildman–Crippen LogP) is 2.70. The molecule has 0 saturated carbocycles. The van der Waals surface area contributed by atoms with Gasteiger partial charge in [-0.3, -0.25) is 14.5 Å². The number of ether oxygens (including phenoxy) is 1. The summed E-state index contributed by atoms with van der Waals surface area (Å²) in [6, 6.07) is 12.4. The Labute approximate surface area is 167 Å². The monoisotopic (exact) mass is 409 g/mol. The van der Waals surface area contributed by atoms with Crippen LogP contribution in [0.4, 0.5) is 4.39 Å². The van der Waals surface area contributed by atoms with Gasteiger partial charge in [-0.05, 0) is 36.4 Å². The van der Waals surface area contributed by atoms with E-state index in [-0.39, 0.29) is 30.8 Å². The molecule has 1 aliphatic rings. The summed E-state index contributed by atoms with van der Waals surface area (Å²) in [6.45, 7) is 0.140. The smallest absolute Gasteiger partial charge is 0.261 e. The van der Waals surface area contributed by atoms with E-state index in [9.17, 15) is 14.0 Å². The lowest BCUT2D eigenvalue weighted by molar-refractivity contribution is 0.0641. The Hall–Kier alpha value is -3.66. The Bertz CT molecular complexity index is 1220. The highest BCUT2D eigenvalue weighted by Gasteiger charge is 2.35. The van der Waals surface area contributed by atoms with Crippen LogP contribution < -0.4 is 4.74 Å². The molecule has 2 aromatic heterocycles. The maximum Gasteiger partial charge on any atom is 0.261 e. The molecule has 0 unspecified atom stereocenters. The molecule has 0 fully saturated rings. The molecule has 5 rings (SSSR count). The van der Waals surface area contributed by atoms with E-state index in [1.165, 1.54) is 45.0 Å². The van der Waals surface area contributed by atoms with Crippen LogP contribution in [0.5, 0.6) is 5.75 Å². The standard InChI is InChI=1S/C19H12FN5O3S/c20-11-5-7-12(8-6-11)28-10-15-21-22-19-25(15)23-16(29-19)9-24-17(26)13-3-1-2-4-14(13)18(24)27/h1-8H,9-10H2. The molecule has 144 valence electrons. The molecule has 3 heterocycles. The number of carbonyl (C=O) groups is 2. The molecule has 10 heteroatoms. The minimum Gasteiger partial charge on any atom is -0.486 e. The second-order valence-corrected chi connectivity index (χ2v) is 7.33. The zero-order chi connectivity index (χ0) is 20.0. The van der Waals surface area contributed by atoms with Crippen molar-refractivity contribution >= 4 is 28.1 Å². The Morgan fingerprint density at radius 2 is 1.66 bits per heavy atom. The van der Waals surface area contributed by atoms with Gasteiger partial charge in [-0.1, -0.05) is 23.5 Å². The maximum absolute atomic E-state index is 13.0. The van der Waals surface area contributed by atoms with Crippen molar-refractivity contribution in [1.29, 1.82) is 0 Å². The van der Waals surface area contributed by atoms with Crippen LogP contribution in [0, 0.1) is 5.82 Å². The number of hydrogen-bond donors (Lipinski definition) is 0. The van der Waals surface area contributed by atoms with Gasteiger partial charge in [-0.2, -0.15) is 9.61 Å². The second-order valence-electron chi connectivity index (χ2n) is 6.29. The van der Waals surface area contributed by atoms with E-state index in [4.69, 9.17) is 4.74 Å². The summed E-state index contributed by atoms with van der Waals surface area (Å²) in [5.41, 5.74) is 0.794. The van der Waals surface area contributed by atoms with Gasteiger partial charge in [0, 0.05) is 0 Å². The first-order chi connectivity index (χ1) is 14.1. The Kier molecular flexibility index (Phi) is 4.06. The summed E-state index contributed by atoms with van der Waals surface area (Å²) in [7, 11) is 0. The van der Waals surface area contributed by atoms with E-state index in [0.29, 0.717) is 32.7 Å². The third kappa shape index (κ3) is 3.03. The highest BCUT2D eigenvalue weighted by molar-refractivity contribution is 7.16. The molecule has 0 aliphatic carbocycles. The van der Waals surface area contributed by atoms with Crippen molar-refractivity contribution in [3.63, 3.8) is 0 Å². The molecule has 2 amide bonds. The Balaban J connectivity index is 1.34. The van der Waals surface area contributed by atoms with Gasteiger partial charge in [0.25, 0.3) is 11.8 Å². The summed E-state index contributed by atoms with van der Waals surface area (Å²) in [5.74, 6) is -0.0776. The fourth-order valence-corrected chi connectivity index (χ4v) is 3.89. The molecule has 0 bridgehead atoms. The van der Waals surface area contributed by atoms with Gasteiger partial charge in [-0.25, -0.2) is 4.39 Å². The van der Waals surface area contributed by atoms with Crippen LogP contribution in [0.15, 0.2) is 48.5 Å². The first-order valence-corrected chi connectivity index (χ1v) is 9.45. The number of hydrogen-bond acceptors (Lipinski definition) is 7. The molecule has 0 radical (unpaired) electrons. The molecule has 29 heavy (non-hydrogen) atoms. The van der Waals surface area contributed by atoms with Crippen molar-refractivity contribution in [2.45, 2.75) is 13.2 Å². The first-order valence-electron chi connectivity index (χ1n) is 8.64. The van der Waals surface area contributed by atoms with Gasteiger partial charge in [0.15, 0.2) is 5.82 Å². The van der Waals surface area contributed by atoms with E-state index in [2.05, 4.69) is 15.3 Å². The number of nitrogens with zero attached hydrogens (tertiary/aromatic N) is 5. The fraction of sp³-hybridized carbons (Fsp3) is 0.105. The van der Waals surface area contributed by atoms with Crippen LogP contribution in [0.3, 0.4) is 0 Å². The van der Waals surface area contributed by atoms with Crippen LogP contribution >= 0.6 is 11.3 Å². The van der Waals surface area contributed by atoms with Crippen LogP contribution in [0.25, 0.3) is 4.96 Å². The van der Waals surface area contributed by atoms with E-state index >= 15 is 0 Å². The Morgan fingerprint density at radius 1 is 0.966 bits per heavy atom. The van der Waals surface area contributed by atoms with Crippen LogP contribution in [0.1, 0.15) is 31.5 Å². The molecule has 0 N–H and O–H groups in total. The van der Waals surface area contributed by atoms with E-state index in [1.54, 1.807) is 24.3 Å². The average molecular weight is 409 g/mol. The predicted molar refractivity (Wildman–Crippen MR) is 100 cm³/mol. The minimum atomic E-state index is -0.348. The fourth-order valence-electron chi connectivity index (χ4n) is 3.05. The average Bonchev–Trinajstić information content (AvgIpc) is 3.37. The molecule has 4 aromatic rings. The largest absolute Gasteiger partial charge is 0.486 e. The van der Waals surface area contributed by atoms with Crippen molar-refractivity contribution in [2.24, 2.45) is 0 Å². The van der Waals surface area contributed by atoms with Gasteiger partial charge in [0.05, 0.1) is 17.7 Å². The topological polar surface area (TPSA) is 89.7 Å². The summed E-state index contributed by atoms with van der Waals surface area (Å²) in [4.78, 5) is 26.7. The molecule has 8 nitrogen and oxygen atoms in total. The third-order valence-corrected chi connectivity index (χ3v) is 5.33. The minimum absolute atomic E-state index is 0.0542. The van der Waals surface area contributed by atoms with Crippen LogP contribution in [0.2, 0.25) is 0 Å². The highest BCUT2D eigenvalue weighted by atomic mass is 32.1. The van der Waals surface area contributed by atoms with Crippen molar-refractivity contribution in [2.75, 3.05) is 0 Å². The molecular formula is C19H12FN5O3S. The molecule has 0 spiro atoms. The SMILES string of the molecule is O=C1c2ccccc2C(=O)N1Cc1nn2c(COc3ccc(F)cc3)nnc2s1. The van der Waals surface area contributed by atoms with Crippen molar-refractivity contribution in [3.8, 4) is 5.75 Å². The van der Waals surface area contributed by atoms with Gasteiger partial charge in [-0.15, -0.1) is 10.2 Å². The van der Waals surface area contributed by atoms with E-state index < -0.39 is 0 Å². The zero-order valence-electron chi connectivity index (χ0n) is 14.8. The number of benzene rings is 2. The number of amides is 2. The first kappa shape index (κ1) is 17.4. The summed E-state index contributed by atoms with van der Waals surface area (Å²) >= 11 is 1.24. The normalized spacial score (nSPS) is 13.3. The van der Waals surface area contributed by atoms with Crippen molar-refractivity contribution in [1.82, 2.24) is 24.7 Å². The second kappa shape index (κ2) is 6.74. The summed E-state index contributed by atoms with van der Waals surface area (Å²) < 4.78 is 20.1. The molecule has 0 saturated heterocycles. The number of imide groups is 1. The molecule has 2 aromatic carbocycles. The number of carbonyl (C=O) groups excluding carboxylic acids is 2. The van der Waals surface area contributed by atoms with Gasteiger partial charge in [0.2, 0.25) is 4.96 Å². The quantitative estimate of drug-likeness (QED) is 0.471. The lowest BCUT2D eigenvalue weighted by Crippen LogP contribution is -2.29. The number of fused-ring (bicyclic) bond motifs is 2. The lowest BCUT2D eigenvalue weighted by atomic mass is 10.1. The molecule has 1 aliphatic heterocycles. The van der Waals surface area contributed by atoms with E-state index in [0.717, 1.165) is 0 Å². The van der Waals surface area contributed by atoms with E-state index in [1.807, 2.05) is 0 Å². The van der Waals surface area contributed by atoms with Crippen LogP contribution in [-0.4, -0.2) is 36.5 Å². The zero-order valence-corrected chi connectivity index (χ0v) is 15.6. The molecule has 0 atom stereocenters. The van der Waals surface area contributed by atoms with Gasteiger partial charge < -0.3 is 4.74 Å². The number of aromatic nitrogens is 4. The number of rotatable bonds is 5. The third-order valence-electron chi connectivity index (χ3n) is 4.45. The summed E-state index contributed by atoms with van der Waals surface area (Å²) in [5, 5.41) is 13.1. The van der Waals surface area contributed by atoms with Crippen molar-refractivity contribution in [3.05, 3.63) is 76.3 Å². The van der Waals surface area contributed by atoms with Crippen molar-refractivity contribution < 1.29 is 18.7 Å². The Morgan fingerprint density at radius 3 is 2.34 bits per heavy atom. The lowest BCUT2D eigenvalue weighted by Gasteiger charge is -2.10.